The number of hydrazine groups is 1. The Morgan fingerprint density at radius 1 is 1.43 bits per heavy atom. The standard InChI is InChI=1S/C15H27N5O/c1-5-9-17-15(19-16)18-11-14(20(2)3)12-7-6-8-13(10-12)21-4/h6-8,10,14H,5,9,11,16H2,1-4H3,(H2,17,18,19). The SMILES string of the molecule is CCCNC(=NCC(c1cccc(OC)c1)N(C)C)NN. The van der Waals surface area contributed by atoms with Crippen molar-refractivity contribution in [2.75, 3.05) is 34.3 Å². The molecule has 4 N–H and O–H groups in total. The monoisotopic (exact) mass is 293 g/mol. The van der Waals surface area contributed by atoms with Crippen molar-refractivity contribution in [1.29, 1.82) is 0 Å². The van der Waals surface area contributed by atoms with E-state index in [2.05, 4.69) is 33.6 Å². The third-order valence-electron chi connectivity index (χ3n) is 3.20. The van der Waals surface area contributed by atoms with Gasteiger partial charge in [0.1, 0.15) is 5.75 Å². The van der Waals surface area contributed by atoms with E-state index in [0.717, 1.165) is 24.3 Å². The summed E-state index contributed by atoms with van der Waals surface area (Å²) in [4.78, 5) is 6.65. The number of likely N-dealkylation sites (N-methyl/N-ethyl adjacent to an activating group) is 1. The van der Waals surface area contributed by atoms with Crippen LogP contribution in [0.2, 0.25) is 0 Å². The van der Waals surface area contributed by atoms with E-state index < -0.39 is 0 Å². The zero-order valence-electron chi connectivity index (χ0n) is 13.4. The van der Waals surface area contributed by atoms with Crippen molar-refractivity contribution in [2.24, 2.45) is 10.8 Å². The van der Waals surface area contributed by atoms with E-state index in [1.165, 1.54) is 0 Å². The van der Waals surface area contributed by atoms with Gasteiger partial charge in [0.05, 0.1) is 19.7 Å². The molecule has 0 aliphatic carbocycles. The first kappa shape index (κ1) is 17.3. The van der Waals surface area contributed by atoms with Crippen molar-refractivity contribution in [1.82, 2.24) is 15.6 Å². The van der Waals surface area contributed by atoms with E-state index in [0.29, 0.717) is 12.5 Å². The molecule has 1 rings (SSSR count). The van der Waals surface area contributed by atoms with Crippen LogP contribution < -0.4 is 21.3 Å². The predicted octanol–water partition coefficient (Wildman–Crippen LogP) is 1.12. The highest BCUT2D eigenvalue weighted by atomic mass is 16.5. The number of hydrogen-bond donors (Lipinski definition) is 3. The van der Waals surface area contributed by atoms with Gasteiger partial charge in [0.2, 0.25) is 5.96 Å². The number of rotatable bonds is 7. The molecule has 0 spiro atoms. The predicted molar refractivity (Wildman–Crippen MR) is 87.3 cm³/mol. The fourth-order valence-corrected chi connectivity index (χ4v) is 1.99. The highest BCUT2D eigenvalue weighted by Gasteiger charge is 2.14. The lowest BCUT2D eigenvalue weighted by atomic mass is 10.1. The van der Waals surface area contributed by atoms with Gasteiger partial charge in [-0.1, -0.05) is 19.1 Å². The van der Waals surface area contributed by atoms with Crippen molar-refractivity contribution >= 4 is 5.96 Å². The molecule has 118 valence electrons. The summed E-state index contributed by atoms with van der Waals surface area (Å²) in [6.45, 7) is 3.55. The van der Waals surface area contributed by atoms with Crippen LogP contribution in [0.25, 0.3) is 0 Å². The second-order valence-electron chi connectivity index (χ2n) is 5.02. The van der Waals surface area contributed by atoms with Crippen LogP contribution in [0, 0.1) is 0 Å². The molecule has 0 heterocycles. The molecular formula is C15H27N5O. The number of hydrogen-bond acceptors (Lipinski definition) is 4. The highest BCUT2D eigenvalue weighted by Crippen LogP contribution is 2.22. The third kappa shape index (κ3) is 5.61. The first-order chi connectivity index (χ1) is 10.1. The summed E-state index contributed by atoms with van der Waals surface area (Å²) in [5, 5.41) is 3.16. The Hall–Kier alpha value is -1.79. The molecule has 1 aromatic rings. The van der Waals surface area contributed by atoms with Crippen molar-refractivity contribution in [3.05, 3.63) is 29.8 Å². The number of nitrogens with two attached hydrogens (primary N) is 1. The largest absolute Gasteiger partial charge is 0.497 e. The van der Waals surface area contributed by atoms with E-state index in [9.17, 15) is 0 Å². The second kappa shape index (κ2) is 9.20. The fraction of sp³-hybridized carbons (Fsp3) is 0.533. The summed E-state index contributed by atoms with van der Waals surface area (Å²) in [7, 11) is 5.75. The molecule has 0 aliphatic rings. The fourth-order valence-electron chi connectivity index (χ4n) is 1.99. The Morgan fingerprint density at radius 2 is 2.19 bits per heavy atom. The van der Waals surface area contributed by atoms with Gasteiger partial charge >= 0.3 is 0 Å². The van der Waals surface area contributed by atoms with Crippen LogP contribution in [0.5, 0.6) is 5.75 Å². The maximum Gasteiger partial charge on any atom is 0.205 e. The number of methoxy groups -OCH3 is 1. The van der Waals surface area contributed by atoms with Crippen LogP contribution >= 0.6 is 0 Å². The first-order valence-corrected chi connectivity index (χ1v) is 7.17. The molecule has 0 radical (unpaired) electrons. The minimum atomic E-state index is 0.159. The van der Waals surface area contributed by atoms with Crippen molar-refractivity contribution in [3.8, 4) is 5.75 Å². The lowest BCUT2D eigenvalue weighted by Crippen LogP contribution is -2.42. The zero-order chi connectivity index (χ0) is 15.7. The molecule has 1 unspecified atom stereocenters. The average molecular weight is 293 g/mol. The number of aliphatic imine (C=N–C) groups is 1. The Morgan fingerprint density at radius 3 is 2.76 bits per heavy atom. The van der Waals surface area contributed by atoms with Gasteiger partial charge in [-0.15, -0.1) is 0 Å². The minimum absolute atomic E-state index is 0.159. The molecule has 0 aromatic heterocycles. The van der Waals surface area contributed by atoms with Gasteiger partial charge in [-0.25, -0.2) is 5.84 Å². The quantitative estimate of drug-likeness (QED) is 0.304. The molecule has 0 amide bonds. The maximum absolute atomic E-state index is 5.48. The van der Waals surface area contributed by atoms with Crippen LogP contribution in [0.1, 0.15) is 24.9 Å². The van der Waals surface area contributed by atoms with E-state index >= 15 is 0 Å². The highest BCUT2D eigenvalue weighted by molar-refractivity contribution is 5.79. The number of guanidine groups is 1. The molecule has 0 aliphatic heterocycles. The Bertz CT molecular complexity index is 447. The number of benzene rings is 1. The second-order valence-corrected chi connectivity index (χ2v) is 5.02. The van der Waals surface area contributed by atoms with E-state index in [-0.39, 0.29) is 6.04 Å². The Balaban J connectivity index is 2.84. The van der Waals surface area contributed by atoms with E-state index in [1.807, 2.05) is 32.3 Å². The Labute approximate surface area is 127 Å². The molecule has 0 bridgehead atoms. The van der Waals surface area contributed by atoms with E-state index in [1.54, 1.807) is 7.11 Å². The molecule has 1 atom stereocenters. The van der Waals surface area contributed by atoms with Crippen LogP contribution in [0.4, 0.5) is 0 Å². The normalized spacial score (nSPS) is 13.1. The van der Waals surface area contributed by atoms with Gasteiger partial charge in [-0.2, -0.15) is 0 Å². The lowest BCUT2D eigenvalue weighted by molar-refractivity contribution is 0.305. The number of nitrogens with zero attached hydrogens (tertiary/aromatic N) is 2. The number of ether oxygens (including phenoxy) is 1. The van der Waals surface area contributed by atoms with Crippen molar-refractivity contribution in [2.45, 2.75) is 19.4 Å². The van der Waals surface area contributed by atoms with Gasteiger partial charge in [-0.3, -0.25) is 10.4 Å². The summed E-state index contributed by atoms with van der Waals surface area (Å²) in [6.07, 6.45) is 1.02. The zero-order valence-corrected chi connectivity index (χ0v) is 13.4. The summed E-state index contributed by atoms with van der Waals surface area (Å²) in [5.41, 5.74) is 3.76. The average Bonchev–Trinajstić information content (AvgIpc) is 2.50. The molecule has 6 heteroatoms. The van der Waals surface area contributed by atoms with Gasteiger partial charge in [0, 0.05) is 6.54 Å². The molecule has 0 saturated heterocycles. The van der Waals surface area contributed by atoms with Crippen molar-refractivity contribution in [3.63, 3.8) is 0 Å². The van der Waals surface area contributed by atoms with Gasteiger partial charge in [0.25, 0.3) is 0 Å². The molecule has 6 nitrogen and oxygen atoms in total. The Kier molecular flexibility index (Phi) is 7.56. The minimum Gasteiger partial charge on any atom is -0.497 e. The van der Waals surface area contributed by atoms with Gasteiger partial charge in [0.15, 0.2) is 0 Å². The van der Waals surface area contributed by atoms with Crippen LogP contribution in [-0.2, 0) is 0 Å². The van der Waals surface area contributed by atoms with Gasteiger partial charge < -0.3 is 15.0 Å². The molecule has 0 fully saturated rings. The first-order valence-electron chi connectivity index (χ1n) is 7.17. The summed E-state index contributed by atoms with van der Waals surface area (Å²) in [5.74, 6) is 6.95. The number of nitrogens with one attached hydrogen (secondary N) is 2. The summed E-state index contributed by atoms with van der Waals surface area (Å²) in [6, 6.07) is 8.21. The van der Waals surface area contributed by atoms with Crippen LogP contribution in [0.15, 0.2) is 29.3 Å². The van der Waals surface area contributed by atoms with Gasteiger partial charge in [-0.05, 0) is 38.2 Å². The summed E-state index contributed by atoms with van der Waals surface area (Å²) >= 11 is 0. The molecule has 21 heavy (non-hydrogen) atoms. The molecule has 1 aromatic carbocycles. The third-order valence-corrected chi connectivity index (χ3v) is 3.20. The summed E-state index contributed by atoms with van der Waals surface area (Å²) < 4.78 is 5.29. The van der Waals surface area contributed by atoms with Crippen LogP contribution in [0.3, 0.4) is 0 Å². The molecule has 0 saturated carbocycles. The maximum atomic E-state index is 5.48. The molecular weight excluding hydrogens is 266 g/mol. The van der Waals surface area contributed by atoms with Crippen LogP contribution in [-0.4, -0.2) is 45.2 Å². The lowest BCUT2D eigenvalue weighted by Gasteiger charge is -2.24. The van der Waals surface area contributed by atoms with E-state index in [4.69, 9.17) is 10.6 Å². The topological polar surface area (TPSA) is 74.9 Å². The van der Waals surface area contributed by atoms with Crippen molar-refractivity contribution < 1.29 is 4.74 Å². The smallest absolute Gasteiger partial charge is 0.205 e.